The van der Waals surface area contributed by atoms with Gasteiger partial charge in [0.25, 0.3) is 0 Å². The van der Waals surface area contributed by atoms with Gasteiger partial charge in [-0.15, -0.1) is 0 Å². The van der Waals surface area contributed by atoms with E-state index in [9.17, 15) is 14.4 Å². The van der Waals surface area contributed by atoms with Crippen molar-refractivity contribution in [2.24, 2.45) is 5.92 Å². The van der Waals surface area contributed by atoms with Gasteiger partial charge in [-0.25, -0.2) is 0 Å². The molecule has 0 aliphatic carbocycles. The lowest BCUT2D eigenvalue weighted by molar-refractivity contribution is -0.167. The van der Waals surface area contributed by atoms with Gasteiger partial charge in [-0.3, -0.25) is 14.4 Å². The maximum atomic E-state index is 12.6. The number of hydrogen-bond donors (Lipinski definition) is 0. The molecule has 0 saturated carbocycles. The number of unbranched alkanes of at least 4 members (excludes halogenated alkanes) is 33. The van der Waals surface area contributed by atoms with Crippen molar-refractivity contribution in [2.75, 3.05) is 13.2 Å². The number of rotatable bonds is 47. The van der Waals surface area contributed by atoms with Crippen molar-refractivity contribution in [3.8, 4) is 0 Å². The molecule has 0 aliphatic rings. The van der Waals surface area contributed by atoms with Crippen LogP contribution < -0.4 is 0 Å². The van der Waals surface area contributed by atoms with E-state index in [1.807, 2.05) is 0 Å². The van der Waals surface area contributed by atoms with Crippen molar-refractivity contribution in [1.29, 1.82) is 0 Å². The molecule has 6 nitrogen and oxygen atoms in total. The van der Waals surface area contributed by atoms with Gasteiger partial charge in [-0.1, -0.05) is 252 Å². The number of carbonyl (C=O) groups excluding carboxylic acids is 3. The first-order chi connectivity index (χ1) is 28.4. The second-order valence-electron chi connectivity index (χ2n) is 18.1. The Hall–Kier alpha value is -1.59. The van der Waals surface area contributed by atoms with Crippen LogP contribution in [0.4, 0.5) is 0 Å². The van der Waals surface area contributed by atoms with Gasteiger partial charge >= 0.3 is 17.9 Å². The van der Waals surface area contributed by atoms with Gasteiger partial charge in [-0.2, -0.15) is 0 Å². The molecule has 0 N–H and O–H groups in total. The minimum Gasteiger partial charge on any atom is -0.462 e. The summed E-state index contributed by atoms with van der Waals surface area (Å²) < 4.78 is 16.7. The molecule has 0 bridgehead atoms. The molecule has 0 rings (SSSR count). The number of ether oxygens (including phenoxy) is 3. The molecule has 0 aromatic heterocycles. The standard InChI is InChI=1S/C52H100O6/c1-5-8-10-12-13-14-15-16-17-18-19-23-26-29-32-36-39-43-50(53)56-46-49(58-52(55)45-41-34-11-9-6-2)47-57-51(54)44-40-37-33-30-27-24-21-20-22-25-28-31-35-38-42-48(4)7-3/h48-49H,5-47H2,1-4H3/t48?,49-/m1/s1. The topological polar surface area (TPSA) is 78.9 Å². The van der Waals surface area contributed by atoms with E-state index in [-0.39, 0.29) is 31.1 Å². The number of hydrogen-bond acceptors (Lipinski definition) is 6. The predicted molar refractivity (Wildman–Crippen MR) is 247 cm³/mol. The van der Waals surface area contributed by atoms with Crippen LogP contribution in [0.1, 0.15) is 291 Å². The van der Waals surface area contributed by atoms with Crippen LogP contribution in [0.25, 0.3) is 0 Å². The molecule has 0 saturated heterocycles. The van der Waals surface area contributed by atoms with Gasteiger partial charge in [0.05, 0.1) is 0 Å². The summed E-state index contributed by atoms with van der Waals surface area (Å²) in [5, 5.41) is 0. The zero-order valence-electron chi connectivity index (χ0n) is 39.5. The van der Waals surface area contributed by atoms with Crippen molar-refractivity contribution >= 4 is 17.9 Å². The van der Waals surface area contributed by atoms with Gasteiger partial charge < -0.3 is 14.2 Å². The fraction of sp³-hybridized carbons (Fsp3) is 0.942. The minimum atomic E-state index is -0.758. The Morgan fingerprint density at radius 1 is 0.345 bits per heavy atom. The third kappa shape index (κ3) is 44.0. The van der Waals surface area contributed by atoms with Crippen LogP contribution in [0.5, 0.6) is 0 Å². The molecule has 1 unspecified atom stereocenters. The summed E-state index contributed by atoms with van der Waals surface area (Å²) in [6, 6.07) is 0. The average Bonchev–Trinajstić information content (AvgIpc) is 3.22. The van der Waals surface area contributed by atoms with E-state index in [1.54, 1.807) is 0 Å². The Balaban J connectivity index is 4.05. The van der Waals surface area contributed by atoms with E-state index in [2.05, 4.69) is 27.7 Å². The molecule has 0 fully saturated rings. The Morgan fingerprint density at radius 3 is 0.897 bits per heavy atom. The maximum Gasteiger partial charge on any atom is 0.306 e. The summed E-state index contributed by atoms with van der Waals surface area (Å²) in [6.45, 7) is 8.99. The SMILES string of the molecule is CCCCCCCCCCCCCCCCCCCC(=O)OC[C@H](COC(=O)CCCCCCCCCCCCCCCCC(C)CC)OC(=O)CCCCCCC. The molecule has 344 valence electrons. The van der Waals surface area contributed by atoms with Crippen LogP contribution in [0.15, 0.2) is 0 Å². The largest absolute Gasteiger partial charge is 0.462 e. The summed E-state index contributed by atoms with van der Waals surface area (Å²) >= 11 is 0. The van der Waals surface area contributed by atoms with Crippen molar-refractivity contribution in [2.45, 2.75) is 297 Å². The number of carbonyl (C=O) groups is 3. The smallest absolute Gasteiger partial charge is 0.306 e. The summed E-state index contributed by atoms with van der Waals surface area (Å²) in [6.07, 6.45) is 48.3. The van der Waals surface area contributed by atoms with Gasteiger partial charge in [0.1, 0.15) is 13.2 Å². The Labute approximate surface area is 361 Å². The monoisotopic (exact) mass is 821 g/mol. The summed E-state index contributed by atoms with van der Waals surface area (Å²) in [4.78, 5) is 37.6. The lowest BCUT2D eigenvalue weighted by atomic mass is 9.99. The molecule has 2 atom stereocenters. The van der Waals surface area contributed by atoms with Gasteiger partial charge in [0.15, 0.2) is 6.10 Å². The first-order valence-corrected chi connectivity index (χ1v) is 25.9. The van der Waals surface area contributed by atoms with Crippen molar-refractivity contribution < 1.29 is 28.6 Å². The zero-order valence-corrected chi connectivity index (χ0v) is 39.5. The van der Waals surface area contributed by atoms with E-state index in [1.165, 1.54) is 180 Å². The van der Waals surface area contributed by atoms with Crippen LogP contribution in [0.3, 0.4) is 0 Å². The molecule has 0 aliphatic heterocycles. The van der Waals surface area contributed by atoms with Gasteiger partial charge in [0, 0.05) is 19.3 Å². The molecule has 0 heterocycles. The molecule has 0 aromatic rings. The lowest BCUT2D eigenvalue weighted by Crippen LogP contribution is -2.30. The maximum absolute atomic E-state index is 12.6. The third-order valence-electron chi connectivity index (χ3n) is 12.2. The van der Waals surface area contributed by atoms with E-state index >= 15 is 0 Å². The van der Waals surface area contributed by atoms with Crippen molar-refractivity contribution in [1.82, 2.24) is 0 Å². The lowest BCUT2D eigenvalue weighted by Gasteiger charge is -2.18. The molecule has 0 amide bonds. The third-order valence-corrected chi connectivity index (χ3v) is 12.2. The Bertz CT molecular complexity index is 874. The van der Waals surface area contributed by atoms with Crippen molar-refractivity contribution in [3.05, 3.63) is 0 Å². The normalized spacial score (nSPS) is 12.4. The van der Waals surface area contributed by atoms with E-state index in [0.717, 1.165) is 70.1 Å². The van der Waals surface area contributed by atoms with E-state index < -0.39 is 6.10 Å². The van der Waals surface area contributed by atoms with Crippen LogP contribution in [0, 0.1) is 5.92 Å². The predicted octanol–water partition coefficient (Wildman–Crippen LogP) is 16.7. The van der Waals surface area contributed by atoms with Crippen LogP contribution >= 0.6 is 0 Å². The second kappa shape index (κ2) is 46.5. The highest BCUT2D eigenvalue weighted by Crippen LogP contribution is 2.18. The second-order valence-corrected chi connectivity index (χ2v) is 18.1. The fourth-order valence-corrected chi connectivity index (χ4v) is 7.83. The fourth-order valence-electron chi connectivity index (χ4n) is 7.83. The average molecular weight is 821 g/mol. The van der Waals surface area contributed by atoms with Crippen LogP contribution in [0.2, 0.25) is 0 Å². The van der Waals surface area contributed by atoms with Gasteiger partial charge in [-0.05, 0) is 25.2 Å². The summed E-state index contributed by atoms with van der Waals surface area (Å²) in [7, 11) is 0. The number of esters is 3. The van der Waals surface area contributed by atoms with Crippen molar-refractivity contribution in [3.63, 3.8) is 0 Å². The molecule has 58 heavy (non-hydrogen) atoms. The van der Waals surface area contributed by atoms with E-state index in [4.69, 9.17) is 14.2 Å². The van der Waals surface area contributed by atoms with E-state index in [0.29, 0.717) is 19.3 Å². The van der Waals surface area contributed by atoms with Gasteiger partial charge in [0.2, 0.25) is 0 Å². The molecular formula is C52H100O6. The van der Waals surface area contributed by atoms with Crippen LogP contribution in [-0.2, 0) is 28.6 Å². The minimum absolute atomic E-state index is 0.0643. The highest BCUT2D eigenvalue weighted by Gasteiger charge is 2.19. The summed E-state index contributed by atoms with van der Waals surface area (Å²) in [5.74, 6) is 0.0359. The first-order valence-electron chi connectivity index (χ1n) is 25.9. The van der Waals surface area contributed by atoms with Crippen LogP contribution in [-0.4, -0.2) is 37.2 Å². The summed E-state index contributed by atoms with van der Waals surface area (Å²) in [5.41, 5.74) is 0. The zero-order chi connectivity index (χ0) is 42.4. The molecule has 0 spiro atoms. The molecule has 0 radical (unpaired) electrons. The highest BCUT2D eigenvalue weighted by atomic mass is 16.6. The Morgan fingerprint density at radius 2 is 0.603 bits per heavy atom. The molecular weight excluding hydrogens is 721 g/mol. The quantitative estimate of drug-likeness (QED) is 0.0346. The molecule has 0 aromatic carbocycles. The first kappa shape index (κ1) is 56.4. The highest BCUT2D eigenvalue weighted by molar-refractivity contribution is 5.71. The Kier molecular flexibility index (Phi) is 45.2. The molecule has 6 heteroatoms.